The Morgan fingerprint density at radius 3 is 1.20 bits per heavy atom. The monoisotopic (exact) mass is 358 g/mol. The van der Waals surface area contributed by atoms with Crippen LogP contribution in [0.25, 0.3) is 0 Å². The molecule has 2 aromatic rings. The summed E-state index contributed by atoms with van der Waals surface area (Å²) in [6.07, 6.45) is 0. The van der Waals surface area contributed by atoms with Crippen molar-refractivity contribution >= 4 is 23.1 Å². The van der Waals surface area contributed by atoms with Crippen LogP contribution >= 0.6 is 0 Å². The second kappa shape index (κ2) is 14.9. The maximum Gasteiger partial charge on any atom is 2.00 e. The molecule has 0 unspecified atom stereocenters. The normalized spacial score (nSPS) is 9.44. The van der Waals surface area contributed by atoms with Gasteiger partial charge in [-0.05, 0) is 49.0 Å². The molecule has 0 bridgehead atoms. The summed E-state index contributed by atoms with van der Waals surface area (Å²) in [5.41, 5.74) is 1.96. The van der Waals surface area contributed by atoms with Crippen molar-refractivity contribution in [3.8, 4) is 11.5 Å². The van der Waals surface area contributed by atoms with E-state index in [0.29, 0.717) is 13.2 Å². The first-order valence-electron chi connectivity index (χ1n) is 7.31. The van der Waals surface area contributed by atoms with E-state index in [1.807, 2.05) is 48.5 Å². The third-order valence-electron chi connectivity index (χ3n) is 3.02. The zero-order valence-corrected chi connectivity index (χ0v) is 16.0. The summed E-state index contributed by atoms with van der Waals surface area (Å²) < 4.78 is 19.3. The van der Waals surface area contributed by atoms with Gasteiger partial charge in [0.25, 0.3) is 0 Å². The molecule has 6 nitrogen and oxygen atoms in total. The Morgan fingerprint density at radius 1 is 0.640 bits per heavy atom. The van der Waals surface area contributed by atoms with Gasteiger partial charge >= 0.3 is 23.1 Å². The van der Waals surface area contributed by atoms with E-state index in [9.17, 15) is 10.2 Å². The Balaban J connectivity index is 0.000000443. The second-order valence-electron chi connectivity index (χ2n) is 4.63. The van der Waals surface area contributed by atoms with Crippen LogP contribution in [0.2, 0.25) is 0 Å². The van der Waals surface area contributed by atoms with Crippen LogP contribution in [0.15, 0.2) is 48.5 Å². The van der Waals surface area contributed by atoms with Gasteiger partial charge in [0.1, 0.15) is 11.5 Å². The Bertz CT molecular complexity index is 493. The molecule has 0 radical (unpaired) electrons. The number of hydrogen-bond donors (Lipinski definition) is 0. The molecule has 2 rings (SSSR count). The summed E-state index contributed by atoms with van der Waals surface area (Å²) in [6, 6.07) is 14.8. The molecule has 0 N–H and O–H groups in total. The largest absolute Gasteiger partial charge is 2.00 e. The van der Waals surface area contributed by atoms with E-state index < -0.39 is 13.6 Å². The fourth-order valence-electron chi connectivity index (χ4n) is 1.76. The van der Waals surface area contributed by atoms with Crippen LogP contribution in [0.5, 0.6) is 11.5 Å². The molecule has 0 saturated heterocycles. The molecule has 0 heterocycles. The van der Waals surface area contributed by atoms with Gasteiger partial charge in [-0.15, -0.1) is 0 Å². The standard InChI is InChI=1S/2C9H11O3.Mg/c2*1-11-9-4-2-8(3-5-9)6-12-7-10;/h2*2-5H,6-7H2,1H3;/q2*-1;+2. The van der Waals surface area contributed by atoms with Crippen molar-refractivity contribution in [2.45, 2.75) is 13.2 Å². The molecule has 0 aliphatic rings. The summed E-state index contributed by atoms with van der Waals surface area (Å²) in [5, 5.41) is 20.0. The Labute approximate surface area is 164 Å². The van der Waals surface area contributed by atoms with E-state index in [2.05, 4.69) is 0 Å². The molecule has 0 aliphatic heterocycles. The molecule has 0 amide bonds. The Morgan fingerprint density at radius 2 is 0.960 bits per heavy atom. The van der Waals surface area contributed by atoms with Crippen molar-refractivity contribution in [3.63, 3.8) is 0 Å². The minimum atomic E-state index is -0.494. The molecule has 0 spiro atoms. The fraction of sp³-hybridized carbons (Fsp3) is 0.333. The van der Waals surface area contributed by atoms with E-state index in [0.717, 1.165) is 22.6 Å². The summed E-state index contributed by atoms with van der Waals surface area (Å²) in [6.45, 7) is -0.251. The maximum absolute atomic E-state index is 9.98. The van der Waals surface area contributed by atoms with Crippen LogP contribution < -0.4 is 19.7 Å². The summed E-state index contributed by atoms with van der Waals surface area (Å²) in [4.78, 5) is 0. The molecular weight excluding hydrogens is 336 g/mol. The SMILES string of the molecule is COc1ccc(COC[O-])cc1.COc1ccc(COC[O-])cc1.[Mg+2]. The van der Waals surface area contributed by atoms with Gasteiger partial charge in [-0.2, -0.15) is 0 Å². The maximum atomic E-state index is 9.98. The van der Waals surface area contributed by atoms with E-state index >= 15 is 0 Å². The fourth-order valence-corrected chi connectivity index (χ4v) is 1.76. The molecule has 2 aromatic carbocycles. The molecule has 0 saturated carbocycles. The van der Waals surface area contributed by atoms with Crippen molar-refractivity contribution in [1.82, 2.24) is 0 Å². The number of hydrogen-bond acceptors (Lipinski definition) is 6. The van der Waals surface area contributed by atoms with Gasteiger partial charge in [-0.1, -0.05) is 24.3 Å². The molecule has 0 aromatic heterocycles. The minimum Gasteiger partial charge on any atom is -0.834 e. The zero-order chi connectivity index (χ0) is 17.6. The summed E-state index contributed by atoms with van der Waals surface area (Å²) in [5.74, 6) is 1.61. The van der Waals surface area contributed by atoms with Crippen molar-refractivity contribution in [3.05, 3.63) is 59.7 Å². The van der Waals surface area contributed by atoms with Crippen LogP contribution in [-0.4, -0.2) is 50.9 Å². The second-order valence-corrected chi connectivity index (χ2v) is 4.63. The average Bonchev–Trinajstić information content (AvgIpc) is 2.66. The first-order chi connectivity index (χ1) is 11.7. The Hall–Kier alpha value is -1.35. The van der Waals surface area contributed by atoms with Gasteiger partial charge in [-0.3, -0.25) is 0 Å². The van der Waals surface area contributed by atoms with Crippen molar-refractivity contribution < 1.29 is 29.2 Å². The van der Waals surface area contributed by atoms with Gasteiger partial charge in [0.15, 0.2) is 0 Å². The van der Waals surface area contributed by atoms with Crippen molar-refractivity contribution in [2.24, 2.45) is 0 Å². The molecule has 0 aliphatic carbocycles. The van der Waals surface area contributed by atoms with Crippen molar-refractivity contribution in [1.29, 1.82) is 0 Å². The number of methoxy groups -OCH3 is 2. The molecular formula is C18H22MgO6. The van der Waals surface area contributed by atoms with E-state index in [-0.39, 0.29) is 23.1 Å². The van der Waals surface area contributed by atoms with E-state index in [1.54, 1.807) is 14.2 Å². The third kappa shape index (κ3) is 10.3. The van der Waals surface area contributed by atoms with E-state index in [4.69, 9.17) is 18.9 Å². The summed E-state index contributed by atoms with van der Waals surface area (Å²) >= 11 is 0. The van der Waals surface area contributed by atoms with Crippen LogP contribution in [-0.2, 0) is 22.7 Å². The van der Waals surface area contributed by atoms with Crippen LogP contribution in [0, 0.1) is 0 Å². The third-order valence-corrected chi connectivity index (χ3v) is 3.02. The molecule has 132 valence electrons. The number of rotatable bonds is 8. The van der Waals surface area contributed by atoms with Gasteiger partial charge in [0.05, 0.1) is 27.4 Å². The van der Waals surface area contributed by atoms with Gasteiger partial charge in [0.2, 0.25) is 0 Å². The molecule has 25 heavy (non-hydrogen) atoms. The first-order valence-corrected chi connectivity index (χ1v) is 7.31. The topological polar surface area (TPSA) is 83.0 Å². The van der Waals surface area contributed by atoms with Gasteiger partial charge in [-0.25, -0.2) is 0 Å². The predicted octanol–water partition coefficient (Wildman–Crippen LogP) is 0.678. The van der Waals surface area contributed by atoms with Crippen molar-refractivity contribution in [2.75, 3.05) is 27.8 Å². The smallest absolute Gasteiger partial charge is 0.834 e. The number of ether oxygens (including phenoxy) is 4. The average molecular weight is 359 g/mol. The first kappa shape index (κ1) is 23.6. The van der Waals surface area contributed by atoms with Crippen LogP contribution in [0.3, 0.4) is 0 Å². The molecule has 7 heteroatoms. The van der Waals surface area contributed by atoms with Gasteiger partial charge < -0.3 is 29.2 Å². The van der Waals surface area contributed by atoms with E-state index in [1.165, 1.54) is 0 Å². The van der Waals surface area contributed by atoms with Gasteiger partial charge in [0, 0.05) is 0 Å². The Kier molecular flexibility index (Phi) is 14.1. The number of benzene rings is 2. The minimum absolute atomic E-state index is 0. The summed E-state index contributed by atoms with van der Waals surface area (Å²) in [7, 11) is 3.23. The molecule has 0 atom stereocenters. The zero-order valence-electron chi connectivity index (χ0n) is 14.6. The molecule has 0 fully saturated rings. The quantitative estimate of drug-likeness (QED) is 0.510. The predicted molar refractivity (Wildman–Crippen MR) is 91.1 cm³/mol. The van der Waals surface area contributed by atoms with Crippen LogP contribution in [0.1, 0.15) is 11.1 Å². The van der Waals surface area contributed by atoms with Crippen LogP contribution in [0.4, 0.5) is 0 Å².